The largest absolute Gasteiger partial charge is 0.494 e. The molecule has 9 nitrogen and oxygen atoms in total. The second kappa shape index (κ2) is 11.2. The second-order valence-electron chi connectivity index (χ2n) is 14.2. The lowest BCUT2D eigenvalue weighted by Crippen LogP contribution is -2.40. The summed E-state index contributed by atoms with van der Waals surface area (Å²) in [5, 5.41) is 4.41. The molecule has 0 aliphatic carbocycles. The number of rotatable bonds is 3. The first kappa shape index (κ1) is 29.8. The molecule has 45 heavy (non-hydrogen) atoms. The highest BCUT2D eigenvalue weighted by Crippen LogP contribution is 2.40. The number of ether oxygens (including phenoxy) is 1. The van der Waals surface area contributed by atoms with E-state index in [1.807, 2.05) is 24.1 Å². The van der Waals surface area contributed by atoms with Crippen LogP contribution in [-0.4, -0.2) is 56.1 Å². The third kappa shape index (κ3) is 5.00. The van der Waals surface area contributed by atoms with Crippen LogP contribution in [-0.2, 0) is 18.4 Å². The predicted molar refractivity (Wildman–Crippen MR) is 177 cm³/mol. The molecule has 0 saturated carbocycles. The van der Waals surface area contributed by atoms with Gasteiger partial charge in [-0.25, -0.2) is 4.98 Å². The monoisotopic (exact) mass is 610 g/mol. The average Bonchev–Trinajstić information content (AvgIpc) is 3.77. The van der Waals surface area contributed by atoms with Crippen LogP contribution in [0.1, 0.15) is 94.1 Å². The molecule has 4 atom stereocenters. The van der Waals surface area contributed by atoms with E-state index in [1.165, 1.54) is 0 Å². The SMILES string of the molecule is COc1cc(C(=O)N2[C@H]3CC[C@@H]2[C@H](N)C3)cc2nc(-c3cc4ccc5cc4n3CCCCCCC(C)(C)C(=O)N[C@@H]5C)n(C)c12. The third-order valence-electron chi connectivity index (χ3n) is 10.8. The first-order valence-corrected chi connectivity index (χ1v) is 16.6. The van der Waals surface area contributed by atoms with Gasteiger partial charge in [0.15, 0.2) is 5.82 Å². The standard InChI is InChI=1S/C36H46N6O3/c1-21-22-10-11-23-18-30(41(29(23)17-22)15-9-7-6-8-14-36(2,3)35(44)38-21)33-39-27-16-24(19-31(45-5)32(27)40(33)4)34(43)42-25-12-13-28(42)26(37)20-25/h10-11,16-19,21,25-26,28H,6-9,12-15,20,37H2,1-5H3,(H,38,44)/t21-,25+,26-,28-/m1/s1. The Morgan fingerprint density at radius 2 is 1.89 bits per heavy atom. The van der Waals surface area contributed by atoms with Crippen molar-refractivity contribution in [2.75, 3.05) is 7.11 Å². The van der Waals surface area contributed by atoms with E-state index in [4.69, 9.17) is 15.5 Å². The van der Waals surface area contributed by atoms with Crippen molar-refractivity contribution in [3.63, 3.8) is 0 Å². The van der Waals surface area contributed by atoms with Gasteiger partial charge in [0.1, 0.15) is 11.3 Å². The van der Waals surface area contributed by atoms with Crippen LogP contribution in [0.5, 0.6) is 5.75 Å². The molecule has 2 aromatic carbocycles. The maximum absolute atomic E-state index is 13.8. The Bertz CT molecular complexity index is 1800. The van der Waals surface area contributed by atoms with E-state index < -0.39 is 0 Å². The molecule has 0 spiro atoms. The quantitative estimate of drug-likeness (QED) is 0.293. The van der Waals surface area contributed by atoms with Crippen LogP contribution >= 0.6 is 0 Å². The molecule has 2 amide bonds. The van der Waals surface area contributed by atoms with E-state index in [0.29, 0.717) is 11.3 Å². The maximum Gasteiger partial charge on any atom is 0.254 e. The summed E-state index contributed by atoms with van der Waals surface area (Å²) in [4.78, 5) is 34.2. The Labute approximate surface area is 265 Å². The highest BCUT2D eigenvalue weighted by Gasteiger charge is 2.47. The topological polar surface area (TPSA) is 107 Å². The number of aryl methyl sites for hydroxylation is 2. The minimum Gasteiger partial charge on any atom is -0.494 e. The van der Waals surface area contributed by atoms with Gasteiger partial charge < -0.3 is 29.8 Å². The van der Waals surface area contributed by atoms with Crippen molar-refractivity contribution in [2.45, 2.75) is 103 Å². The fourth-order valence-electron chi connectivity index (χ4n) is 8.07. The van der Waals surface area contributed by atoms with Crippen LogP contribution < -0.4 is 15.8 Å². The highest BCUT2D eigenvalue weighted by atomic mass is 16.5. The first-order chi connectivity index (χ1) is 21.6. The van der Waals surface area contributed by atoms with E-state index >= 15 is 0 Å². The molecule has 7 rings (SSSR count). The molecule has 2 saturated heterocycles. The Balaban J connectivity index is 1.31. The molecule has 238 valence electrons. The summed E-state index contributed by atoms with van der Waals surface area (Å²) in [5.41, 5.74) is 11.4. The maximum atomic E-state index is 13.8. The summed E-state index contributed by atoms with van der Waals surface area (Å²) in [5.74, 6) is 1.59. The molecule has 4 bridgehead atoms. The van der Waals surface area contributed by atoms with E-state index in [0.717, 1.165) is 96.9 Å². The number of amides is 2. The lowest BCUT2D eigenvalue weighted by Gasteiger charge is -2.26. The van der Waals surface area contributed by atoms with Crippen LogP contribution in [0, 0.1) is 5.41 Å². The van der Waals surface area contributed by atoms with Crippen LogP contribution in [0.2, 0.25) is 0 Å². The Morgan fingerprint density at radius 3 is 2.62 bits per heavy atom. The lowest BCUT2D eigenvalue weighted by molar-refractivity contribution is -0.130. The Kier molecular flexibility index (Phi) is 7.42. The summed E-state index contributed by atoms with van der Waals surface area (Å²) in [7, 11) is 3.67. The van der Waals surface area contributed by atoms with E-state index in [1.54, 1.807) is 7.11 Å². The van der Waals surface area contributed by atoms with Crippen molar-refractivity contribution in [1.29, 1.82) is 0 Å². The van der Waals surface area contributed by atoms with E-state index in [9.17, 15) is 9.59 Å². The minimum absolute atomic E-state index is 0.0160. The first-order valence-electron chi connectivity index (χ1n) is 16.6. The molecular weight excluding hydrogens is 564 g/mol. The number of carbonyl (C=O) groups is 2. The van der Waals surface area contributed by atoms with E-state index in [2.05, 4.69) is 59.5 Å². The number of carbonyl (C=O) groups excluding carboxylic acids is 2. The summed E-state index contributed by atoms with van der Waals surface area (Å²) in [6.07, 6.45) is 8.00. The van der Waals surface area contributed by atoms with Crippen molar-refractivity contribution in [3.8, 4) is 17.3 Å². The molecule has 4 aromatic rings. The fourth-order valence-corrected chi connectivity index (χ4v) is 8.07. The summed E-state index contributed by atoms with van der Waals surface area (Å²) < 4.78 is 10.3. The van der Waals surface area contributed by atoms with Gasteiger partial charge >= 0.3 is 0 Å². The number of nitrogens with one attached hydrogen (secondary N) is 1. The number of fused-ring (bicyclic) bond motifs is 4. The van der Waals surface area contributed by atoms with Crippen molar-refractivity contribution < 1.29 is 14.3 Å². The Hall–Kier alpha value is -3.85. The summed E-state index contributed by atoms with van der Waals surface area (Å²) in [6, 6.07) is 12.8. The Morgan fingerprint density at radius 1 is 1.09 bits per heavy atom. The molecule has 9 heteroatoms. The number of hydrogen-bond donors (Lipinski definition) is 2. The van der Waals surface area contributed by atoms with Gasteiger partial charge in [-0.05, 0) is 68.9 Å². The van der Waals surface area contributed by atoms with Crippen molar-refractivity contribution in [1.82, 2.24) is 24.3 Å². The molecule has 0 unspecified atom stereocenters. The summed E-state index contributed by atoms with van der Waals surface area (Å²) >= 11 is 0. The molecular formula is C36H46N6O3. The van der Waals surface area contributed by atoms with Gasteiger partial charge in [-0.2, -0.15) is 0 Å². The van der Waals surface area contributed by atoms with Crippen molar-refractivity contribution >= 4 is 33.8 Å². The van der Waals surface area contributed by atoms with Gasteiger partial charge in [0, 0.05) is 53.6 Å². The van der Waals surface area contributed by atoms with Crippen LogP contribution in [0.15, 0.2) is 36.4 Å². The molecule has 3 aliphatic heterocycles. The van der Waals surface area contributed by atoms with Gasteiger partial charge in [0.2, 0.25) is 5.91 Å². The van der Waals surface area contributed by atoms with Crippen molar-refractivity contribution in [3.05, 3.63) is 47.5 Å². The highest BCUT2D eigenvalue weighted by molar-refractivity contribution is 6.01. The van der Waals surface area contributed by atoms with Gasteiger partial charge in [0.05, 0.1) is 24.4 Å². The van der Waals surface area contributed by atoms with Crippen molar-refractivity contribution in [2.24, 2.45) is 18.2 Å². The molecule has 0 radical (unpaired) electrons. The summed E-state index contributed by atoms with van der Waals surface area (Å²) in [6.45, 7) is 7.04. The van der Waals surface area contributed by atoms with E-state index in [-0.39, 0.29) is 41.4 Å². The number of aromatic nitrogens is 3. The molecule has 2 aromatic heterocycles. The number of methoxy groups -OCH3 is 1. The number of nitrogens with zero attached hydrogens (tertiary/aromatic N) is 4. The van der Waals surface area contributed by atoms with Gasteiger partial charge in [-0.15, -0.1) is 0 Å². The molecule has 3 aliphatic rings. The number of hydrogen-bond acceptors (Lipinski definition) is 5. The molecule has 5 heterocycles. The predicted octanol–water partition coefficient (Wildman–Crippen LogP) is 6.08. The zero-order chi connectivity index (χ0) is 31.6. The smallest absolute Gasteiger partial charge is 0.254 e. The number of benzene rings is 2. The van der Waals surface area contributed by atoms with Crippen LogP contribution in [0.25, 0.3) is 33.5 Å². The molecule has 3 N–H and O–H groups in total. The molecule has 2 fully saturated rings. The lowest BCUT2D eigenvalue weighted by atomic mass is 9.85. The second-order valence-corrected chi connectivity index (χ2v) is 14.2. The number of nitrogens with two attached hydrogens (primary N) is 1. The average molecular weight is 611 g/mol. The van der Waals surface area contributed by atoms with Crippen LogP contribution in [0.3, 0.4) is 0 Å². The zero-order valence-electron chi connectivity index (χ0n) is 27.2. The normalized spacial score (nSPS) is 25.2. The van der Waals surface area contributed by atoms with Gasteiger partial charge in [-0.1, -0.05) is 45.2 Å². The zero-order valence-corrected chi connectivity index (χ0v) is 27.2. The minimum atomic E-state index is -0.386. The third-order valence-corrected chi connectivity index (χ3v) is 10.8. The van der Waals surface area contributed by atoms with Gasteiger partial charge in [-0.3, -0.25) is 9.59 Å². The van der Waals surface area contributed by atoms with Gasteiger partial charge in [0.25, 0.3) is 5.91 Å². The number of imidazole rings is 1. The van der Waals surface area contributed by atoms with Crippen LogP contribution in [0.4, 0.5) is 0 Å². The fraction of sp³-hybridized carbons (Fsp3) is 0.528.